The molecule has 5 rings (SSSR count). The average Bonchev–Trinajstić information content (AvgIpc) is 3.14. The molecule has 3 heterocycles. The summed E-state index contributed by atoms with van der Waals surface area (Å²) in [4.78, 5) is 19.9. The number of nitrogens with zero attached hydrogens (tertiary/aromatic N) is 3. The lowest BCUT2D eigenvalue weighted by molar-refractivity contribution is 0.100. The van der Waals surface area contributed by atoms with Crippen LogP contribution in [0.15, 0.2) is 81.8 Å². The molecule has 2 aromatic carbocycles. The lowest BCUT2D eigenvalue weighted by atomic mass is 9.90. The van der Waals surface area contributed by atoms with E-state index in [1.807, 2.05) is 42.6 Å². The van der Waals surface area contributed by atoms with Crippen LogP contribution in [0, 0.1) is 0 Å². The van der Waals surface area contributed by atoms with Gasteiger partial charge in [0, 0.05) is 37.0 Å². The summed E-state index contributed by atoms with van der Waals surface area (Å²) in [7, 11) is -3.56. The summed E-state index contributed by atoms with van der Waals surface area (Å²) in [5.41, 5.74) is 3.02. The molecule has 1 fully saturated rings. The van der Waals surface area contributed by atoms with Crippen molar-refractivity contribution < 1.29 is 13.2 Å². The van der Waals surface area contributed by atoms with Crippen LogP contribution in [-0.2, 0) is 16.6 Å². The van der Waals surface area contributed by atoms with E-state index in [0.29, 0.717) is 35.9 Å². The number of aliphatic imine (C=N–C) groups is 1. The summed E-state index contributed by atoms with van der Waals surface area (Å²) in [6.45, 7) is 1.76. The molecule has 3 aliphatic rings. The second-order valence-corrected chi connectivity index (χ2v) is 11.2. The fourth-order valence-corrected chi connectivity index (χ4v) is 6.45. The number of sulfonamides is 1. The number of fused-ring (bicyclic) bond motifs is 2. The van der Waals surface area contributed by atoms with Crippen molar-refractivity contribution in [3.63, 3.8) is 0 Å². The fraction of sp³-hybridized carbons (Fsp3) is 0.308. The van der Waals surface area contributed by atoms with E-state index in [4.69, 9.17) is 11.6 Å². The molecule has 8 heteroatoms. The van der Waals surface area contributed by atoms with Gasteiger partial charge in [0.15, 0.2) is 0 Å². The van der Waals surface area contributed by atoms with Crippen molar-refractivity contribution in [3.05, 3.63) is 88.6 Å². The molecule has 1 saturated heterocycles. The van der Waals surface area contributed by atoms with Crippen LogP contribution < -0.4 is 0 Å². The van der Waals surface area contributed by atoms with Gasteiger partial charge < -0.3 is 4.90 Å². The molecule has 0 N–H and O–H groups in total. The van der Waals surface area contributed by atoms with Gasteiger partial charge >= 0.3 is 0 Å². The highest BCUT2D eigenvalue weighted by atomic mass is 35.5. The van der Waals surface area contributed by atoms with Gasteiger partial charge in [-0.05, 0) is 48.7 Å². The number of rotatable bonds is 3. The highest BCUT2D eigenvalue weighted by molar-refractivity contribution is 7.89. The largest absolute Gasteiger partial charge is 0.360 e. The van der Waals surface area contributed by atoms with Crippen LogP contribution in [0.5, 0.6) is 0 Å². The number of amides is 1. The Balaban J connectivity index is 1.43. The van der Waals surface area contributed by atoms with Crippen LogP contribution in [0.25, 0.3) is 0 Å². The van der Waals surface area contributed by atoms with Crippen molar-refractivity contribution >= 4 is 33.2 Å². The normalized spacial score (nSPS) is 22.0. The van der Waals surface area contributed by atoms with Gasteiger partial charge in [0.1, 0.15) is 0 Å². The topological polar surface area (TPSA) is 70.0 Å². The van der Waals surface area contributed by atoms with E-state index < -0.39 is 15.9 Å². The maximum atomic E-state index is 13.1. The molecule has 6 nitrogen and oxygen atoms in total. The van der Waals surface area contributed by atoms with Crippen LogP contribution in [0.3, 0.4) is 0 Å². The molecule has 0 aromatic heterocycles. The van der Waals surface area contributed by atoms with E-state index in [0.717, 1.165) is 36.8 Å². The minimum absolute atomic E-state index is 0.191. The molecule has 0 spiro atoms. The van der Waals surface area contributed by atoms with Gasteiger partial charge in [0.25, 0.3) is 5.91 Å². The van der Waals surface area contributed by atoms with E-state index >= 15 is 0 Å². The predicted octanol–water partition coefficient (Wildman–Crippen LogP) is 4.72. The molecule has 34 heavy (non-hydrogen) atoms. The molecule has 3 aliphatic heterocycles. The minimum atomic E-state index is -3.56. The van der Waals surface area contributed by atoms with E-state index in [1.54, 1.807) is 16.4 Å². The van der Waals surface area contributed by atoms with E-state index in [1.165, 1.54) is 12.1 Å². The monoisotopic (exact) mass is 495 g/mol. The van der Waals surface area contributed by atoms with Crippen molar-refractivity contribution in [2.45, 2.75) is 43.2 Å². The van der Waals surface area contributed by atoms with Crippen molar-refractivity contribution in [1.29, 1.82) is 0 Å². The standard InChI is InChI=1S/C26H26ClN3O3S/c27-21-11-14-24-25(23-8-4-3-7-20(23)17-29(24)18-21)28-26(31)19-9-12-22(13-10-19)34(32,33)30-15-5-1-2-6-16-30/h3-4,7-14,18,24H,1-2,5-6,15-17H2. The number of hydrogen-bond donors (Lipinski definition) is 0. The zero-order chi connectivity index (χ0) is 23.7. The minimum Gasteiger partial charge on any atom is -0.360 e. The number of carbonyl (C=O) groups excluding carboxylic acids is 1. The highest BCUT2D eigenvalue weighted by Crippen LogP contribution is 2.29. The maximum absolute atomic E-state index is 13.1. The van der Waals surface area contributed by atoms with Crippen LogP contribution >= 0.6 is 11.6 Å². The summed E-state index contributed by atoms with van der Waals surface area (Å²) < 4.78 is 27.6. The van der Waals surface area contributed by atoms with Gasteiger partial charge in [0.05, 0.1) is 21.7 Å². The molecule has 0 bridgehead atoms. The van der Waals surface area contributed by atoms with E-state index in [9.17, 15) is 13.2 Å². The summed E-state index contributed by atoms with van der Waals surface area (Å²) in [5, 5.41) is 0.627. The number of carbonyl (C=O) groups is 1. The zero-order valence-electron chi connectivity index (χ0n) is 18.7. The van der Waals surface area contributed by atoms with Crippen molar-refractivity contribution in [2.24, 2.45) is 4.99 Å². The van der Waals surface area contributed by atoms with Gasteiger partial charge in [-0.15, -0.1) is 0 Å². The molecule has 0 aliphatic carbocycles. The Morgan fingerprint density at radius 1 is 0.971 bits per heavy atom. The van der Waals surface area contributed by atoms with E-state index in [2.05, 4.69) is 9.89 Å². The van der Waals surface area contributed by atoms with Crippen LogP contribution in [0.2, 0.25) is 0 Å². The first-order valence-electron chi connectivity index (χ1n) is 11.6. The summed E-state index contributed by atoms with van der Waals surface area (Å²) >= 11 is 6.20. The predicted molar refractivity (Wildman–Crippen MR) is 133 cm³/mol. The van der Waals surface area contributed by atoms with Gasteiger partial charge in [-0.3, -0.25) is 4.79 Å². The number of benzene rings is 2. The third-order valence-corrected chi connectivity index (χ3v) is 8.67. The second-order valence-electron chi connectivity index (χ2n) is 8.79. The fourth-order valence-electron chi connectivity index (χ4n) is 4.73. The number of hydrogen-bond acceptors (Lipinski definition) is 4. The van der Waals surface area contributed by atoms with Gasteiger partial charge in [-0.1, -0.05) is 54.8 Å². The number of halogens is 1. The lowest BCUT2D eigenvalue weighted by Gasteiger charge is -2.37. The average molecular weight is 496 g/mol. The third-order valence-electron chi connectivity index (χ3n) is 6.54. The molecular weight excluding hydrogens is 470 g/mol. The summed E-state index contributed by atoms with van der Waals surface area (Å²) in [6.07, 6.45) is 9.49. The van der Waals surface area contributed by atoms with Gasteiger partial charge in [-0.25, -0.2) is 13.4 Å². The Morgan fingerprint density at radius 3 is 2.41 bits per heavy atom. The smallest absolute Gasteiger partial charge is 0.277 e. The Bertz CT molecular complexity index is 1290. The van der Waals surface area contributed by atoms with Crippen LogP contribution in [-0.4, -0.2) is 48.4 Å². The lowest BCUT2D eigenvalue weighted by Crippen LogP contribution is -2.42. The Labute approximate surface area is 205 Å². The molecule has 1 amide bonds. The molecule has 0 saturated carbocycles. The molecular formula is C26H26ClN3O3S. The molecule has 176 valence electrons. The van der Waals surface area contributed by atoms with Crippen LogP contribution in [0.1, 0.15) is 47.2 Å². The van der Waals surface area contributed by atoms with Crippen molar-refractivity contribution in [1.82, 2.24) is 9.21 Å². The summed E-state index contributed by atoms with van der Waals surface area (Å²) in [6, 6.07) is 13.8. The van der Waals surface area contributed by atoms with Crippen LogP contribution in [0.4, 0.5) is 0 Å². The highest BCUT2D eigenvalue weighted by Gasteiger charge is 2.31. The molecule has 1 atom stereocenters. The first-order valence-corrected chi connectivity index (χ1v) is 13.4. The molecule has 2 aromatic rings. The molecule has 0 radical (unpaired) electrons. The van der Waals surface area contributed by atoms with Crippen molar-refractivity contribution in [3.8, 4) is 0 Å². The van der Waals surface area contributed by atoms with Gasteiger partial charge in [0.2, 0.25) is 10.0 Å². The summed E-state index contributed by atoms with van der Waals surface area (Å²) in [5.74, 6) is -0.403. The molecule has 1 unspecified atom stereocenters. The SMILES string of the molecule is O=C(N=C1c2ccccc2CN2C=C(Cl)C=CC12)c1ccc(S(=O)(=O)N2CCCCCC2)cc1. The Kier molecular flexibility index (Phi) is 6.42. The quantitative estimate of drug-likeness (QED) is 0.618. The van der Waals surface area contributed by atoms with E-state index in [-0.39, 0.29) is 10.9 Å². The zero-order valence-corrected chi connectivity index (χ0v) is 20.3. The Hall–Kier alpha value is -2.74. The van der Waals surface area contributed by atoms with Crippen molar-refractivity contribution in [2.75, 3.05) is 13.1 Å². The number of allylic oxidation sites excluding steroid dienone is 2. The third kappa shape index (κ3) is 4.48. The Morgan fingerprint density at radius 2 is 1.68 bits per heavy atom. The van der Waals surface area contributed by atoms with Gasteiger partial charge in [-0.2, -0.15) is 4.31 Å². The second kappa shape index (κ2) is 9.49. The first-order chi connectivity index (χ1) is 16.4. The maximum Gasteiger partial charge on any atom is 0.277 e. The first kappa shape index (κ1) is 23.0.